The fraction of sp³-hybridized carbons (Fsp3) is 0.577. The molecule has 4 saturated heterocycles. The number of amides is 4. The van der Waals surface area contributed by atoms with Crippen LogP contribution in [-0.4, -0.2) is 117 Å². The van der Waals surface area contributed by atoms with Crippen LogP contribution in [0.25, 0.3) is 33.6 Å². The summed E-state index contributed by atoms with van der Waals surface area (Å²) in [4.78, 5) is 74.9. The summed E-state index contributed by atoms with van der Waals surface area (Å²) in [6, 6.07) is 10.8. The van der Waals surface area contributed by atoms with E-state index in [0.29, 0.717) is 25.7 Å². The largest absolute Gasteiger partial charge is 0.453 e. The lowest BCUT2D eigenvalue weighted by atomic mass is 9.79. The topological polar surface area (TPSA) is 193 Å². The van der Waals surface area contributed by atoms with Gasteiger partial charge in [-0.15, -0.1) is 0 Å². The number of alkyl carbamates (subject to hydrolysis) is 2. The number of hydrogen-bond acceptors (Lipinski definition) is 10. The van der Waals surface area contributed by atoms with E-state index in [1.54, 1.807) is 0 Å². The molecule has 4 amide bonds. The molecular weight excluding hydrogens is 865 g/mol. The molecule has 68 heavy (non-hydrogen) atoms. The predicted octanol–water partition coefficient (Wildman–Crippen LogP) is 8.19. The minimum Gasteiger partial charge on any atom is -0.453 e. The van der Waals surface area contributed by atoms with Crippen LogP contribution in [0.15, 0.2) is 48.8 Å². The average Bonchev–Trinajstić information content (AvgIpc) is 4.13. The van der Waals surface area contributed by atoms with Gasteiger partial charge in [0.25, 0.3) is 0 Å². The summed E-state index contributed by atoms with van der Waals surface area (Å²) in [5.41, 5.74) is 8.73. The molecule has 4 fully saturated rings. The smallest absolute Gasteiger partial charge is 0.407 e. The van der Waals surface area contributed by atoms with Crippen LogP contribution in [-0.2, 0) is 41.4 Å². The summed E-state index contributed by atoms with van der Waals surface area (Å²) in [5.74, 6) is 1.07. The maximum atomic E-state index is 14.5. The van der Waals surface area contributed by atoms with Gasteiger partial charge in [0.1, 0.15) is 23.7 Å². The molecule has 0 unspecified atom stereocenters. The van der Waals surface area contributed by atoms with Gasteiger partial charge in [0.15, 0.2) is 0 Å². The molecule has 2 aromatic carbocycles. The van der Waals surface area contributed by atoms with Gasteiger partial charge in [-0.2, -0.15) is 0 Å². The molecule has 4 aromatic rings. The van der Waals surface area contributed by atoms with Crippen molar-refractivity contribution < 1.29 is 38.1 Å². The monoisotopic (exact) mass is 933 g/mol. The Hall–Kier alpha value is -5.74. The second-order valence-corrected chi connectivity index (χ2v) is 20.1. The van der Waals surface area contributed by atoms with Crippen molar-refractivity contribution >= 4 is 24.0 Å². The number of likely N-dealkylation sites (tertiary alicyclic amines) is 2. The standard InChI is InChI=1S/C52H68N8O8/c1-27-9-19-43(59(27)49(61)45(57-51(63)65-7)35-21-29(3)67-30(4)22-35)47-53-25-41(55-47)34-13-11-33(12-14-34)37-15-18-40(39-17-16-38(37)39)42-26-54-48(56-42)44-20-10-28(2)60(44)50(62)46(58-52(64)66-8)36-23-31(5)68-32(6)24-36/h11-15,18,25-32,35-36,43-46H,9-10,16-17,19-24H2,1-8H3,(H,53,55)(H,54,56)(H,57,63)(H,58,64)/t27-,28-,29-,30+,31-,32+,35+,36+,43-,44-,45-,46-/m0/s1. The zero-order valence-electron chi connectivity index (χ0n) is 40.7. The third kappa shape index (κ3) is 9.37. The predicted molar refractivity (Wildman–Crippen MR) is 255 cm³/mol. The van der Waals surface area contributed by atoms with Crippen LogP contribution in [0.3, 0.4) is 0 Å². The molecule has 364 valence electrons. The van der Waals surface area contributed by atoms with Crippen molar-refractivity contribution in [3.8, 4) is 33.6 Å². The maximum absolute atomic E-state index is 14.5. The number of aromatic nitrogens is 4. The molecule has 0 spiro atoms. The molecule has 0 bridgehead atoms. The molecule has 9 rings (SSSR count). The third-order valence-corrected chi connectivity index (χ3v) is 15.4. The van der Waals surface area contributed by atoms with E-state index in [0.717, 1.165) is 78.3 Å². The Morgan fingerprint density at radius 2 is 1.12 bits per heavy atom. The van der Waals surface area contributed by atoms with Gasteiger partial charge in [-0.25, -0.2) is 19.6 Å². The zero-order valence-corrected chi connectivity index (χ0v) is 40.7. The lowest BCUT2D eigenvalue weighted by molar-refractivity contribution is -0.141. The van der Waals surface area contributed by atoms with Crippen molar-refractivity contribution in [1.29, 1.82) is 0 Å². The Balaban J connectivity index is 0.899. The lowest BCUT2D eigenvalue weighted by Gasteiger charge is -2.39. The van der Waals surface area contributed by atoms with Crippen molar-refractivity contribution in [3.05, 3.63) is 71.6 Å². The van der Waals surface area contributed by atoms with Crippen LogP contribution in [0, 0.1) is 11.8 Å². The third-order valence-electron chi connectivity index (χ3n) is 15.4. The zero-order chi connectivity index (χ0) is 48.0. The number of methoxy groups -OCH3 is 2. The van der Waals surface area contributed by atoms with E-state index in [1.807, 2.05) is 49.9 Å². The van der Waals surface area contributed by atoms with Gasteiger partial charge in [0.2, 0.25) is 11.8 Å². The van der Waals surface area contributed by atoms with Crippen LogP contribution in [0.4, 0.5) is 9.59 Å². The molecule has 1 aliphatic carbocycles. The van der Waals surface area contributed by atoms with Crippen LogP contribution in [0.2, 0.25) is 0 Å². The van der Waals surface area contributed by atoms with Crippen LogP contribution in [0.5, 0.6) is 0 Å². The van der Waals surface area contributed by atoms with Gasteiger partial charge in [-0.05, 0) is 145 Å². The number of imidazole rings is 2. The Kier molecular flexibility index (Phi) is 13.7. The van der Waals surface area contributed by atoms with E-state index < -0.39 is 24.3 Å². The first-order valence-electron chi connectivity index (χ1n) is 24.7. The summed E-state index contributed by atoms with van der Waals surface area (Å²) >= 11 is 0. The Morgan fingerprint density at radius 3 is 1.62 bits per heavy atom. The highest BCUT2D eigenvalue weighted by atomic mass is 16.5. The highest BCUT2D eigenvalue weighted by Crippen LogP contribution is 2.43. The molecule has 12 atom stereocenters. The van der Waals surface area contributed by atoms with E-state index in [1.165, 1.54) is 30.9 Å². The van der Waals surface area contributed by atoms with Crippen molar-refractivity contribution in [2.24, 2.45) is 11.8 Å². The average molecular weight is 933 g/mol. The van der Waals surface area contributed by atoms with Crippen molar-refractivity contribution in [1.82, 2.24) is 40.4 Å². The fourth-order valence-corrected chi connectivity index (χ4v) is 12.1. The Morgan fingerprint density at radius 1 is 0.647 bits per heavy atom. The summed E-state index contributed by atoms with van der Waals surface area (Å²) in [5, 5.41) is 5.78. The van der Waals surface area contributed by atoms with Crippen LogP contribution in [0.1, 0.15) is 128 Å². The van der Waals surface area contributed by atoms with E-state index in [2.05, 4.69) is 70.8 Å². The lowest BCUT2D eigenvalue weighted by Crippen LogP contribution is -2.55. The second-order valence-electron chi connectivity index (χ2n) is 20.1. The minimum atomic E-state index is -0.735. The quantitative estimate of drug-likeness (QED) is 0.114. The SMILES string of the molecule is COC(=O)N[C@H](C(=O)N1[C@@H](C)CC[C@H]1c1nc(-c2ccc(-c3ccc(-c4cnc([C@@H]5CC[C@H](C)N5C(=O)[C@@H](NC(=O)OC)[C@H]5C[C@@H](C)O[C@@H](C)C5)[nH]4)cc3)c3c2CC3)c[nH]1)[C@H]1C[C@@H](C)O[C@@H](C)C1. The second kappa shape index (κ2) is 19.7. The molecule has 0 radical (unpaired) electrons. The molecular formula is C52H68N8O8. The number of rotatable bonds is 11. The number of H-pyrrole nitrogens is 2. The first-order chi connectivity index (χ1) is 32.7. The van der Waals surface area contributed by atoms with E-state index in [-0.39, 0.29) is 72.2 Å². The molecule has 4 N–H and O–H groups in total. The summed E-state index contributed by atoms with van der Waals surface area (Å²) < 4.78 is 21.9. The summed E-state index contributed by atoms with van der Waals surface area (Å²) in [6.07, 6.45) is 10.2. The first kappa shape index (κ1) is 47.3. The summed E-state index contributed by atoms with van der Waals surface area (Å²) in [7, 11) is 2.64. The van der Waals surface area contributed by atoms with E-state index >= 15 is 0 Å². The number of nitrogens with one attached hydrogen (secondary N) is 4. The fourth-order valence-electron chi connectivity index (χ4n) is 12.1. The number of nitrogens with zero attached hydrogens (tertiary/aromatic N) is 4. The number of fused-ring (bicyclic) bond motifs is 1. The normalized spacial score (nSPS) is 28.8. The number of ether oxygens (including phenoxy) is 4. The highest BCUT2D eigenvalue weighted by molar-refractivity contribution is 5.88. The molecule has 16 heteroatoms. The van der Waals surface area contributed by atoms with Gasteiger partial charge in [-0.3, -0.25) is 9.59 Å². The molecule has 5 aliphatic rings. The molecule has 4 aliphatic heterocycles. The van der Waals surface area contributed by atoms with Gasteiger partial charge >= 0.3 is 12.2 Å². The number of hydrogen-bond donors (Lipinski definition) is 4. The molecule has 16 nitrogen and oxygen atoms in total. The van der Waals surface area contributed by atoms with Crippen molar-refractivity contribution in [2.75, 3.05) is 14.2 Å². The Bertz CT molecular complexity index is 2470. The Labute approximate surface area is 399 Å². The van der Waals surface area contributed by atoms with E-state index in [4.69, 9.17) is 28.9 Å². The molecule has 0 saturated carbocycles. The van der Waals surface area contributed by atoms with Crippen LogP contribution < -0.4 is 10.6 Å². The van der Waals surface area contributed by atoms with Crippen molar-refractivity contribution in [3.63, 3.8) is 0 Å². The summed E-state index contributed by atoms with van der Waals surface area (Å²) in [6.45, 7) is 12.2. The van der Waals surface area contributed by atoms with E-state index in [9.17, 15) is 19.2 Å². The van der Waals surface area contributed by atoms with Crippen LogP contribution >= 0.6 is 0 Å². The van der Waals surface area contributed by atoms with Gasteiger partial charge in [-0.1, -0.05) is 36.4 Å². The number of benzene rings is 2. The van der Waals surface area contributed by atoms with Gasteiger partial charge in [0, 0.05) is 23.8 Å². The van der Waals surface area contributed by atoms with Gasteiger partial charge in [0.05, 0.1) is 68.3 Å². The number of carbonyl (C=O) groups excluding carboxylic acids is 4. The molecule has 6 heterocycles. The minimum absolute atomic E-state index is 0.0217. The van der Waals surface area contributed by atoms with Gasteiger partial charge < -0.3 is 49.3 Å². The number of aromatic amines is 2. The molecule has 2 aromatic heterocycles. The number of carbonyl (C=O) groups is 4. The maximum Gasteiger partial charge on any atom is 0.407 e. The van der Waals surface area contributed by atoms with Crippen molar-refractivity contribution in [2.45, 2.75) is 166 Å². The highest BCUT2D eigenvalue weighted by Gasteiger charge is 2.46. The first-order valence-corrected chi connectivity index (χ1v) is 24.7.